The van der Waals surface area contributed by atoms with E-state index < -0.39 is 0 Å². The number of rotatable bonds is 5. The molecule has 1 N–H and O–H groups in total. The second-order valence-corrected chi connectivity index (χ2v) is 5.07. The number of aryl methyl sites for hydroxylation is 1. The van der Waals surface area contributed by atoms with Gasteiger partial charge < -0.3 is 10.1 Å². The predicted molar refractivity (Wildman–Crippen MR) is 78.0 cm³/mol. The third-order valence-electron chi connectivity index (χ3n) is 2.45. The van der Waals surface area contributed by atoms with Crippen molar-refractivity contribution in [3.8, 4) is 5.75 Å². The van der Waals surface area contributed by atoms with Crippen molar-refractivity contribution in [3.05, 3.63) is 36.0 Å². The van der Waals surface area contributed by atoms with Gasteiger partial charge in [0.05, 0.1) is 7.11 Å². The van der Waals surface area contributed by atoms with Gasteiger partial charge in [-0.3, -0.25) is 0 Å². The number of methoxy groups -OCH3 is 1. The molecule has 0 aliphatic carbocycles. The zero-order valence-electron chi connectivity index (χ0n) is 11.3. The standard InChI is InChI=1S/C14H17N3OS/c1-4-15-14-16-10(2)9-13(17-14)19-12-7-5-11(18-3)6-8-12/h5-9H,4H2,1-3H3,(H,15,16,17). The van der Waals surface area contributed by atoms with Gasteiger partial charge in [-0.05, 0) is 44.2 Å². The molecular weight excluding hydrogens is 258 g/mol. The number of nitrogens with one attached hydrogen (secondary N) is 1. The Morgan fingerprint density at radius 2 is 1.95 bits per heavy atom. The minimum atomic E-state index is 0.679. The first-order valence-electron chi connectivity index (χ1n) is 6.12. The summed E-state index contributed by atoms with van der Waals surface area (Å²) < 4.78 is 5.14. The maximum absolute atomic E-state index is 5.14. The molecule has 1 aromatic heterocycles. The van der Waals surface area contributed by atoms with E-state index in [0.717, 1.165) is 27.9 Å². The number of benzene rings is 1. The molecule has 0 fully saturated rings. The fourth-order valence-electron chi connectivity index (χ4n) is 1.59. The molecule has 0 spiro atoms. The van der Waals surface area contributed by atoms with Crippen molar-refractivity contribution in [2.24, 2.45) is 0 Å². The molecule has 2 rings (SSSR count). The van der Waals surface area contributed by atoms with Crippen LogP contribution in [0.2, 0.25) is 0 Å². The maximum Gasteiger partial charge on any atom is 0.223 e. The molecule has 0 radical (unpaired) electrons. The van der Waals surface area contributed by atoms with Crippen LogP contribution in [0, 0.1) is 6.92 Å². The topological polar surface area (TPSA) is 47.0 Å². The van der Waals surface area contributed by atoms with Crippen LogP contribution < -0.4 is 10.1 Å². The average Bonchev–Trinajstić information content (AvgIpc) is 2.39. The maximum atomic E-state index is 5.14. The molecule has 0 amide bonds. The summed E-state index contributed by atoms with van der Waals surface area (Å²) in [5.74, 6) is 1.54. The van der Waals surface area contributed by atoms with Gasteiger partial charge in [0.2, 0.25) is 5.95 Å². The van der Waals surface area contributed by atoms with Crippen LogP contribution >= 0.6 is 11.8 Å². The molecule has 4 nitrogen and oxygen atoms in total. The Kier molecular flexibility index (Phi) is 4.63. The fourth-order valence-corrected chi connectivity index (χ4v) is 2.47. The van der Waals surface area contributed by atoms with Crippen LogP contribution in [0.15, 0.2) is 40.3 Å². The molecule has 0 saturated heterocycles. The van der Waals surface area contributed by atoms with E-state index in [-0.39, 0.29) is 0 Å². The van der Waals surface area contributed by atoms with Gasteiger partial charge in [0.25, 0.3) is 0 Å². The molecule has 0 aliphatic heterocycles. The third-order valence-corrected chi connectivity index (χ3v) is 3.37. The number of aromatic nitrogens is 2. The Morgan fingerprint density at radius 1 is 1.21 bits per heavy atom. The SMILES string of the molecule is CCNc1nc(C)cc(Sc2ccc(OC)cc2)n1. The lowest BCUT2D eigenvalue weighted by Crippen LogP contribution is -2.03. The molecule has 1 aromatic carbocycles. The molecule has 0 bridgehead atoms. The van der Waals surface area contributed by atoms with E-state index in [1.165, 1.54) is 0 Å². The Balaban J connectivity index is 2.17. The van der Waals surface area contributed by atoms with E-state index in [0.29, 0.717) is 5.95 Å². The van der Waals surface area contributed by atoms with Crippen molar-refractivity contribution in [1.82, 2.24) is 9.97 Å². The van der Waals surface area contributed by atoms with Gasteiger partial charge in [0, 0.05) is 17.1 Å². The zero-order valence-corrected chi connectivity index (χ0v) is 12.1. The number of nitrogens with zero attached hydrogens (tertiary/aromatic N) is 2. The van der Waals surface area contributed by atoms with Crippen LogP contribution in [-0.2, 0) is 0 Å². The number of ether oxygens (including phenoxy) is 1. The molecule has 0 saturated carbocycles. The molecule has 0 unspecified atom stereocenters. The lowest BCUT2D eigenvalue weighted by molar-refractivity contribution is 0.414. The molecule has 1 heterocycles. The van der Waals surface area contributed by atoms with Crippen molar-refractivity contribution in [1.29, 1.82) is 0 Å². The number of hydrogen-bond acceptors (Lipinski definition) is 5. The van der Waals surface area contributed by atoms with Gasteiger partial charge in [-0.1, -0.05) is 11.8 Å². The summed E-state index contributed by atoms with van der Waals surface area (Å²) in [6.45, 7) is 4.82. The van der Waals surface area contributed by atoms with Crippen LogP contribution in [0.25, 0.3) is 0 Å². The van der Waals surface area contributed by atoms with Gasteiger partial charge in [0.15, 0.2) is 0 Å². The highest BCUT2D eigenvalue weighted by Crippen LogP contribution is 2.28. The summed E-state index contributed by atoms with van der Waals surface area (Å²) in [5, 5.41) is 4.08. The Morgan fingerprint density at radius 3 is 2.58 bits per heavy atom. The first-order valence-corrected chi connectivity index (χ1v) is 6.94. The molecule has 2 aromatic rings. The van der Waals surface area contributed by atoms with Gasteiger partial charge in [0.1, 0.15) is 10.8 Å². The van der Waals surface area contributed by atoms with E-state index in [9.17, 15) is 0 Å². The minimum Gasteiger partial charge on any atom is -0.497 e. The summed E-state index contributed by atoms with van der Waals surface area (Å²) in [5.41, 5.74) is 0.960. The minimum absolute atomic E-state index is 0.679. The molecule has 5 heteroatoms. The second-order valence-electron chi connectivity index (χ2n) is 3.98. The lowest BCUT2D eigenvalue weighted by Gasteiger charge is -2.07. The highest BCUT2D eigenvalue weighted by molar-refractivity contribution is 7.99. The van der Waals surface area contributed by atoms with Crippen LogP contribution in [0.3, 0.4) is 0 Å². The first-order chi connectivity index (χ1) is 9.21. The lowest BCUT2D eigenvalue weighted by atomic mass is 10.3. The van der Waals surface area contributed by atoms with Gasteiger partial charge in [-0.2, -0.15) is 0 Å². The Hall–Kier alpha value is -1.75. The van der Waals surface area contributed by atoms with Crippen LogP contribution in [-0.4, -0.2) is 23.6 Å². The number of anilines is 1. The Labute approximate surface area is 117 Å². The first kappa shape index (κ1) is 13.7. The highest BCUT2D eigenvalue weighted by Gasteiger charge is 2.04. The third kappa shape index (κ3) is 3.86. The highest BCUT2D eigenvalue weighted by atomic mass is 32.2. The van der Waals surface area contributed by atoms with Crippen molar-refractivity contribution in [3.63, 3.8) is 0 Å². The van der Waals surface area contributed by atoms with E-state index in [2.05, 4.69) is 15.3 Å². The summed E-state index contributed by atoms with van der Waals surface area (Å²) in [4.78, 5) is 9.93. The summed E-state index contributed by atoms with van der Waals surface area (Å²) in [6.07, 6.45) is 0. The largest absolute Gasteiger partial charge is 0.497 e. The molecular formula is C14H17N3OS. The van der Waals surface area contributed by atoms with Gasteiger partial charge >= 0.3 is 0 Å². The smallest absolute Gasteiger partial charge is 0.223 e. The van der Waals surface area contributed by atoms with Crippen molar-refractivity contribution in [2.45, 2.75) is 23.8 Å². The fraction of sp³-hybridized carbons (Fsp3) is 0.286. The van der Waals surface area contributed by atoms with Crippen molar-refractivity contribution >= 4 is 17.7 Å². The summed E-state index contributed by atoms with van der Waals surface area (Å²) in [7, 11) is 1.67. The van der Waals surface area contributed by atoms with Crippen LogP contribution in [0.4, 0.5) is 5.95 Å². The monoisotopic (exact) mass is 275 g/mol. The average molecular weight is 275 g/mol. The van der Waals surface area contributed by atoms with E-state index >= 15 is 0 Å². The predicted octanol–water partition coefficient (Wildman–Crippen LogP) is 3.38. The molecule has 19 heavy (non-hydrogen) atoms. The zero-order chi connectivity index (χ0) is 13.7. The van der Waals surface area contributed by atoms with E-state index in [4.69, 9.17) is 4.74 Å². The van der Waals surface area contributed by atoms with Crippen molar-refractivity contribution < 1.29 is 4.74 Å². The molecule has 0 aliphatic rings. The quantitative estimate of drug-likeness (QED) is 0.848. The van der Waals surface area contributed by atoms with Gasteiger partial charge in [-0.15, -0.1) is 0 Å². The normalized spacial score (nSPS) is 10.3. The second kappa shape index (κ2) is 6.43. The molecule has 0 atom stereocenters. The van der Waals surface area contributed by atoms with Crippen molar-refractivity contribution in [2.75, 3.05) is 19.0 Å². The van der Waals surface area contributed by atoms with Crippen LogP contribution in [0.5, 0.6) is 5.75 Å². The summed E-state index contributed by atoms with van der Waals surface area (Å²) >= 11 is 1.61. The van der Waals surface area contributed by atoms with Gasteiger partial charge in [-0.25, -0.2) is 9.97 Å². The Bertz CT molecular complexity index is 543. The molecule has 100 valence electrons. The summed E-state index contributed by atoms with van der Waals surface area (Å²) in [6, 6.07) is 9.92. The van der Waals surface area contributed by atoms with Crippen LogP contribution in [0.1, 0.15) is 12.6 Å². The van der Waals surface area contributed by atoms with E-state index in [1.807, 2.05) is 44.2 Å². The number of hydrogen-bond donors (Lipinski definition) is 1. The van der Waals surface area contributed by atoms with E-state index in [1.54, 1.807) is 18.9 Å².